The van der Waals surface area contributed by atoms with Crippen LogP contribution in [0.25, 0.3) is 45.7 Å². The van der Waals surface area contributed by atoms with E-state index in [-0.39, 0.29) is 59.3 Å². The number of aromatic nitrogens is 4. The largest absolute Gasteiger partial charge is 0.513 e. The highest BCUT2D eigenvalue weighted by Crippen LogP contribution is 2.30. The summed E-state index contributed by atoms with van der Waals surface area (Å²) in [7, 11) is 0. The molecule has 0 atom stereocenters. The third-order valence-corrected chi connectivity index (χ3v) is 8.43. The second-order valence-electron chi connectivity index (χ2n) is 12.6. The van der Waals surface area contributed by atoms with E-state index < -0.39 is 23.9 Å². The van der Waals surface area contributed by atoms with Gasteiger partial charge in [-0.3, -0.25) is 0 Å². The summed E-state index contributed by atoms with van der Waals surface area (Å²) in [4.78, 5) is 32.6. The standard InChI is InChI=1S/C40H44F2N4O8/c1-3-5-7-9-11-13-23-49-39(47)51-29-19-21-31(33(41)25-29)35-43-37(53-45-35)27-15-17-28(18-16-27)38-44-36(46-54-38)32-22-20-30(26-34(32)42)52-40(48)50-24-14-12-10-8-6-4-2/h15-22,25-26H,3-14,23-24H2,1-2H3. The Hall–Kier alpha value is -5.66. The highest BCUT2D eigenvalue weighted by molar-refractivity contribution is 5.68. The molecule has 0 radical (unpaired) electrons. The van der Waals surface area contributed by atoms with E-state index in [4.69, 9.17) is 28.0 Å². The van der Waals surface area contributed by atoms with E-state index in [0.717, 1.165) is 76.3 Å². The third kappa shape index (κ3) is 11.7. The van der Waals surface area contributed by atoms with Gasteiger partial charge in [0.25, 0.3) is 11.8 Å². The summed E-state index contributed by atoms with van der Waals surface area (Å²) >= 11 is 0. The molecule has 0 fully saturated rings. The average molecular weight is 747 g/mol. The molecule has 0 saturated heterocycles. The summed E-state index contributed by atoms with van der Waals surface area (Å²) in [6.07, 6.45) is 10.8. The Morgan fingerprint density at radius 3 is 1.33 bits per heavy atom. The minimum atomic E-state index is -0.900. The molecule has 2 heterocycles. The lowest BCUT2D eigenvalue weighted by atomic mass is 10.1. The van der Waals surface area contributed by atoms with E-state index in [1.54, 1.807) is 24.3 Å². The minimum Gasteiger partial charge on any atom is -0.434 e. The molecular weight excluding hydrogens is 702 g/mol. The predicted molar refractivity (Wildman–Crippen MR) is 195 cm³/mol. The first kappa shape index (κ1) is 39.5. The van der Waals surface area contributed by atoms with Crippen molar-refractivity contribution in [2.24, 2.45) is 0 Å². The number of nitrogens with zero attached hydrogens (tertiary/aromatic N) is 4. The smallest absolute Gasteiger partial charge is 0.434 e. The van der Waals surface area contributed by atoms with Gasteiger partial charge < -0.3 is 28.0 Å². The molecule has 3 aromatic carbocycles. The third-order valence-electron chi connectivity index (χ3n) is 8.43. The molecular formula is C40H44F2N4O8. The van der Waals surface area contributed by atoms with Crippen molar-refractivity contribution < 1.29 is 46.4 Å². The van der Waals surface area contributed by atoms with E-state index in [0.29, 0.717) is 11.1 Å². The maximum atomic E-state index is 15.0. The normalized spacial score (nSPS) is 11.0. The van der Waals surface area contributed by atoms with E-state index in [1.807, 2.05) is 0 Å². The molecule has 0 aliphatic rings. The van der Waals surface area contributed by atoms with E-state index in [1.165, 1.54) is 37.1 Å². The van der Waals surface area contributed by atoms with Gasteiger partial charge in [-0.1, -0.05) is 88.4 Å². The lowest BCUT2D eigenvalue weighted by Gasteiger charge is -2.07. The quantitative estimate of drug-likeness (QED) is 0.0423. The Balaban J connectivity index is 1.12. The Labute approximate surface area is 312 Å². The summed E-state index contributed by atoms with van der Waals surface area (Å²) in [6.45, 7) is 4.77. The van der Waals surface area contributed by atoms with Crippen LogP contribution in [0.3, 0.4) is 0 Å². The number of hydrogen-bond donors (Lipinski definition) is 0. The topological polar surface area (TPSA) is 149 Å². The fourth-order valence-corrected chi connectivity index (χ4v) is 5.46. The summed E-state index contributed by atoms with van der Waals surface area (Å²) in [5, 5.41) is 7.79. The number of hydrogen-bond acceptors (Lipinski definition) is 12. The van der Waals surface area contributed by atoms with Gasteiger partial charge in [0.2, 0.25) is 11.6 Å². The fraction of sp³-hybridized carbons (Fsp3) is 0.400. The van der Waals surface area contributed by atoms with Gasteiger partial charge in [-0.25, -0.2) is 18.4 Å². The summed E-state index contributed by atoms with van der Waals surface area (Å²) in [6, 6.07) is 14.3. The highest BCUT2D eigenvalue weighted by Gasteiger charge is 2.19. The second-order valence-corrected chi connectivity index (χ2v) is 12.6. The summed E-state index contributed by atoms with van der Waals surface area (Å²) in [5.74, 6) is -1.23. The fourth-order valence-electron chi connectivity index (χ4n) is 5.46. The van der Waals surface area contributed by atoms with Crippen molar-refractivity contribution in [1.82, 2.24) is 20.3 Å². The van der Waals surface area contributed by atoms with Crippen LogP contribution in [0.1, 0.15) is 90.9 Å². The van der Waals surface area contributed by atoms with Gasteiger partial charge in [0, 0.05) is 23.3 Å². The molecule has 2 aromatic heterocycles. The molecule has 5 rings (SSSR count). The van der Waals surface area contributed by atoms with E-state index in [9.17, 15) is 18.4 Å². The van der Waals surface area contributed by atoms with Crippen LogP contribution in [0.15, 0.2) is 69.7 Å². The molecule has 0 unspecified atom stereocenters. The number of unbranched alkanes of at least 4 members (excludes halogenated alkanes) is 10. The zero-order chi connectivity index (χ0) is 38.1. The van der Waals surface area contributed by atoms with Crippen molar-refractivity contribution in [3.8, 4) is 57.2 Å². The molecule has 5 aromatic rings. The Bertz CT molecular complexity index is 1810. The Morgan fingerprint density at radius 1 is 0.556 bits per heavy atom. The molecule has 12 nitrogen and oxygen atoms in total. The molecule has 0 bridgehead atoms. The number of halogens is 2. The van der Waals surface area contributed by atoms with Crippen LogP contribution in [0.5, 0.6) is 11.5 Å². The van der Waals surface area contributed by atoms with Gasteiger partial charge in [-0.2, -0.15) is 9.97 Å². The first-order valence-electron chi connectivity index (χ1n) is 18.4. The van der Waals surface area contributed by atoms with Crippen molar-refractivity contribution in [2.75, 3.05) is 13.2 Å². The van der Waals surface area contributed by atoms with Crippen LogP contribution in [0.2, 0.25) is 0 Å². The summed E-state index contributed by atoms with van der Waals surface area (Å²) < 4.78 is 61.1. The van der Waals surface area contributed by atoms with Crippen molar-refractivity contribution in [1.29, 1.82) is 0 Å². The number of carbonyl (C=O) groups is 2. The number of carbonyl (C=O) groups excluding carboxylic acids is 2. The zero-order valence-corrected chi connectivity index (χ0v) is 30.5. The molecule has 14 heteroatoms. The van der Waals surface area contributed by atoms with Gasteiger partial charge in [0.05, 0.1) is 24.3 Å². The van der Waals surface area contributed by atoms with Gasteiger partial charge in [-0.15, -0.1) is 0 Å². The maximum absolute atomic E-state index is 15.0. The van der Waals surface area contributed by atoms with Gasteiger partial charge in [0.15, 0.2) is 0 Å². The first-order valence-corrected chi connectivity index (χ1v) is 18.4. The Morgan fingerprint density at radius 2 is 0.944 bits per heavy atom. The lowest BCUT2D eigenvalue weighted by Crippen LogP contribution is -2.11. The zero-order valence-electron chi connectivity index (χ0n) is 30.5. The number of rotatable bonds is 20. The minimum absolute atomic E-state index is 0.00572. The molecule has 0 saturated carbocycles. The van der Waals surface area contributed by atoms with Crippen molar-refractivity contribution >= 4 is 12.3 Å². The monoisotopic (exact) mass is 746 g/mol. The number of ether oxygens (including phenoxy) is 4. The molecule has 0 amide bonds. The van der Waals surface area contributed by atoms with Crippen LogP contribution in [-0.4, -0.2) is 45.8 Å². The number of benzene rings is 3. The predicted octanol–water partition coefficient (Wildman–Crippen LogP) is 11.2. The average Bonchev–Trinajstić information content (AvgIpc) is 3.86. The van der Waals surface area contributed by atoms with E-state index >= 15 is 0 Å². The Kier molecular flexibility index (Phi) is 15.0. The SMILES string of the molecule is CCCCCCCCOC(=O)Oc1ccc(-c2noc(-c3ccc(-c4nc(-c5ccc(OC(=O)OCCCCCCCC)cc5F)no4)cc3)n2)c(F)c1. The molecule has 0 aliphatic heterocycles. The van der Waals surface area contributed by atoms with Crippen LogP contribution >= 0.6 is 0 Å². The van der Waals surface area contributed by atoms with Crippen molar-refractivity contribution in [2.45, 2.75) is 90.9 Å². The molecule has 0 spiro atoms. The van der Waals surface area contributed by atoms with Crippen LogP contribution < -0.4 is 9.47 Å². The van der Waals surface area contributed by atoms with Crippen molar-refractivity contribution in [3.05, 3.63) is 72.3 Å². The van der Waals surface area contributed by atoms with E-state index in [2.05, 4.69) is 34.1 Å². The molecule has 54 heavy (non-hydrogen) atoms. The highest BCUT2D eigenvalue weighted by atomic mass is 19.1. The van der Waals surface area contributed by atoms with Gasteiger partial charge >= 0.3 is 12.3 Å². The molecule has 286 valence electrons. The van der Waals surface area contributed by atoms with Crippen molar-refractivity contribution in [3.63, 3.8) is 0 Å². The second kappa shape index (κ2) is 20.5. The lowest BCUT2D eigenvalue weighted by molar-refractivity contribution is 0.0961. The summed E-state index contributed by atoms with van der Waals surface area (Å²) in [5.41, 5.74) is 1.14. The van der Waals surface area contributed by atoms with Gasteiger partial charge in [0.1, 0.15) is 23.1 Å². The van der Waals surface area contributed by atoms with Crippen LogP contribution in [-0.2, 0) is 9.47 Å². The molecule has 0 aliphatic carbocycles. The maximum Gasteiger partial charge on any atom is 0.513 e. The molecule has 0 N–H and O–H groups in total. The van der Waals surface area contributed by atoms with Crippen LogP contribution in [0.4, 0.5) is 18.4 Å². The van der Waals surface area contributed by atoms with Gasteiger partial charge in [-0.05, 0) is 61.4 Å². The first-order chi connectivity index (χ1) is 26.3. The van der Waals surface area contributed by atoms with Crippen LogP contribution in [0, 0.1) is 11.6 Å².